The van der Waals surface area contributed by atoms with E-state index in [1.54, 1.807) is 7.11 Å². The lowest BCUT2D eigenvalue weighted by molar-refractivity contribution is 0.0695. The van der Waals surface area contributed by atoms with Crippen LogP contribution in [0.2, 0.25) is 0 Å². The molecule has 0 amide bonds. The third kappa shape index (κ3) is 4.93. The Hall–Kier alpha value is -1.46. The summed E-state index contributed by atoms with van der Waals surface area (Å²) in [7, 11) is 1.60. The molecule has 94 valence electrons. The summed E-state index contributed by atoms with van der Waals surface area (Å²) in [5.74, 6) is -1.72. The summed E-state index contributed by atoms with van der Waals surface area (Å²) >= 11 is 0. The fraction of sp³-hybridized carbons (Fsp3) is 0.417. The number of carboxylic acid groups (broad SMARTS) is 1. The molecule has 0 bridgehead atoms. The first kappa shape index (κ1) is 13.6. The Kier molecular flexibility index (Phi) is 5.59. The summed E-state index contributed by atoms with van der Waals surface area (Å²) in [6.45, 7) is 1.29. The Morgan fingerprint density at radius 1 is 1.35 bits per heavy atom. The van der Waals surface area contributed by atoms with Gasteiger partial charge in [-0.3, -0.25) is 0 Å². The maximum atomic E-state index is 13.1. The summed E-state index contributed by atoms with van der Waals surface area (Å²) in [6, 6.07) is 3.65. The zero-order valence-electron chi connectivity index (χ0n) is 9.61. The second-order valence-electron chi connectivity index (χ2n) is 3.55. The van der Waals surface area contributed by atoms with E-state index in [0.717, 1.165) is 12.5 Å². The van der Waals surface area contributed by atoms with E-state index in [-0.39, 0.29) is 12.2 Å². The van der Waals surface area contributed by atoms with Gasteiger partial charge < -0.3 is 14.6 Å². The molecule has 0 atom stereocenters. The molecule has 0 heterocycles. The van der Waals surface area contributed by atoms with Crippen molar-refractivity contribution >= 4 is 5.97 Å². The van der Waals surface area contributed by atoms with Crippen LogP contribution in [0.25, 0.3) is 0 Å². The fourth-order valence-corrected chi connectivity index (χ4v) is 1.35. The number of aromatic carboxylic acids is 1. The van der Waals surface area contributed by atoms with Crippen molar-refractivity contribution in [3.8, 4) is 0 Å². The highest BCUT2D eigenvalue weighted by molar-refractivity contribution is 5.87. The van der Waals surface area contributed by atoms with Gasteiger partial charge in [-0.1, -0.05) is 0 Å². The van der Waals surface area contributed by atoms with Crippen molar-refractivity contribution < 1.29 is 23.8 Å². The van der Waals surface area contributed by atoms with Gasteiger partial charge in [0.1, 0.15) is 5.82 Å². The molecule has 5 heteroatoms. The number of carbonyl (C=O) groups is 1. The molecule has 1 aromatic rings. The van der Waals surface area contributed by atoms with Crippen LogP contribution >= 0.6 is 0 Å². The molecule has 0 aromatic heterocycles. The molecule has 1 N–H and O–H groups in total. The molecule has 0 aliphatic rings. The minimum absolute atomic E-state index is 0.0690. The molecular formula is C12H15FO4. The van der Waals surface area contributed by atoms with Gasteiger partial charge in [0, 0.05) is 20.3 Å². The van der Waals surface area contributed by atoms with Gasteiger partial charge in [-0.15, -0.1) is 0 Å². The summed E-state index contributed by atoms with van der Waals surface area (Å²) in [5.41, 5.74) is 0.445. The van der Waals surface area contributed by atoms with E-state index in [0.29, 0.717) is 18.8 Å². The Morgan fingerprint density at radius 3 is 2.76 bits per heavy atom. The van der Waals surface area contributed by atoms with E-state index in [1.807, 2.05) is 0 Å². The number of methoxy groups -OCH3 is 1. The average molecular weight is 242 g/mol. The Bertz CT molecular complexity index is 379. The summed E-state index contributed by atoms with van der Waals surface area (Å²) in [5, 5.41) is 8.75. The lowest BCUT2D eigenvalue weighted by atomic mass is 10.1. The normalized spacial score (nSPS) is 10.5. The predicted molar refractivity (Wildman–Crippen MR) is 59.5 cm³/mol. The van der Waals surface area contributed by atoms with Crippen molar-refractivity contribution in [2.45, 2.75) is 13.0 Å². The smallest absolute Gasteiger partial charge is 0.335 e. The van der Waals surface area contributed by atoms with Crippen molar-refractivity contribution in [3.05, 3.63) is 35.1 Å². The van der Waals surface area contributed by atoms with Gasteiger partial charge in [-0.2, -0.15) is 0 Å². The van der Waals surface area contributed by atoms with Crippen molar-refractivity contribution in [3.63, 3.8) is 0 Å². The van der Waals surface area contributed by atoms with Crippen LogP contribution in [0, 0.1) is 5.82 Å². The third-order valence-corrected chi connectivity index (χ3v) is 2.11. The molecule has 0 saturated carbocycles. The molecule has 1 rings (SSSR count). The van der Waals surface area contributed by atoms with Crippen LogP contribution in [0.5, 0.6) is 0 Å². The van der Waals surface area contributed by atoms with E-state index in [2.05, 4.69) is 0 Å². The average Bonchev–Trinajstić information content (AvgIpc) is 2.28. The first-order valence-corrected chi connectivity index (χ1v) is 5.23. The molecule has 17 heavy (non-hydrogen) atoms. The number of halogens is 1. The highest BCUT2D eigenvalue weighted by Gasteiger charge is 2.06. The van der Waals surface area contributed by atoms with E-state index < -0.39 is 11.8 Å². The SMILES string of the molecule is COCCCOCc1cc(F)cc(C(=O)O)c1. The molecule has 0 aliphatic heterocycles. The molecule has 0 spiro atoms. The fourth-order valence-electron chi connectivity index (χ4n) is 1.35. The lowest BCUT2D eigenvalue weighted by Crippen LogP contribution is -2.02. The molecule has 4 nitrogen and oxygen atoms in total. The van der Waals surface area contributed by atoms with Crippen LogP contribution < -0.4 is 0 Å². The van der Waals surface area contributed by atoms with Crippen LogP contribution in [0.3, 0.4) is 0 Å². The first-order valence-electron chi connectivity index (χ1n) is 5.23. The number of hydrogen-bond acceptors (Lipinski definition) is 3. The monoisotopic (exact) mass is 242 g/mol. The zero-order valence-corrected chi connectivity index (χ0v) is 9.61. The molecule has 0 radical (unpaired) electrons. The second kappa shape index (κ2) is 6.98. The van der Waals surface area contributed by atoms with E-state index in [9.17, 15) is 9.18 Å². The minimum atomic E-state index is -1.15. The highest BCUT2D eigenvalue weighted by Crippen LogP contribution is 2.10. The topological polar surface area (TPSA) is 55.8 Å². The van der Waals surface area contributed by atoms with E-state index >= 15 is 0 Å². The minimum Gasteiger partial charge on any atom is -0.478 e. The quantitative estimate of drug-likeness (QED) is 0.744. The Morgan fingerprint density at radius 2 is 2.12 bits per heavy atom. The predicted octanol–water partition coefficient (Wildman–Crippen LogP) is 2.08. The van der Waals surface area contributed by atoms with E-state index in [4.69, 9.17) is 14.6 Å². The van der Waals surface area contributed by atoms with Crippen LogP contribution in [-0.2, 0) is 16.1 Å². The summed E-state index contributed by atoms with van der Waals surface area (Å²) in [6.07, 6.45) is 0.748. The summed E-state index contributed by atoms with van der Waals surface area (Å²) < 4.78 is 23.2. The van der Waals surface area contributed by atoms with Crippen LogP contribution in [-0.4, -0.2) is 31.4 Å². The van der Waals surface area contributed by atoms with Gasteiger partial charge in [0.25, 0.3) is 0 Å². The van der Waals surface area contributed by atoms with Crippen LogP contribution in [0.4, 0.5) is 4.39 Å². The van der Waals surface area contributed by atoms with Crippen molar-refractivity contribution in [1.82, 2.24) is 0 Å². The van der Waals surface area contributed by atoms with Gasteiger partial charge >= 0.3 is 5.97 Å². The number of rotatable bonds is 7. The standard InChI is InChI=1S/C12H15FO4/c1-16-3-2-4-17-8-9-5-10(12(14)15)7-11(13)6-9/h5-7H,2-4,8H2,1H3,(H,14,15). The number of benzene rings is 1. The third-order valence-electron chi connectivity index (χ3n) is 2.11. The highest BCUT2D eigenvalue weighted by atomic mass is 19.1. The Labute approximate surface area is 99.0 Å². The maximum absolute atomic E-state index is 13.1. The number of carboxylic acids is 1. The second-order valence-corrected chi connectivity index (χ2v) is 3.55. The molecule has 0 unspecified atom stereocenters. The first-order chi connectivity index (χ1) is 8.13. The molecule has 1 aromatic carbocycles. The number of hydrogen-bond donors (Lipinski definition) is 1. The van der Waals surface area contributed by atoms with Gasteiger partial charge in [-0.05, 0) is 30.2 Å². The van der Waals surface area contributed by atoms with Crippen molar-refractivity contribution in [1.29, 1.82) is 0 Å². The molecule has 0 aliphatic carbocycles. The zero-order chi connectivity index (χ0) is 12.7. The van der Waals surface area contributed by atoms with Gasteiger partial charge in [0.05, 0.1) is 12.2 Å². The van der Waals surface area contributed by atoms with Gasteiger partial charge in [-0.25, -0.2) is 9.18 Å². The Balaban J connectivity index is 2.50. The lowest BCUT2D eigenvalue weighted by Gasteiger charge is -2.05. The van der Waals surface area contributed by atoms with Gasteiger partial charge in [0.2, 0.25) is 0 Å². The maximum Gasteiger partial charge on any atom is 0.335 e. The van der Waals surface area contributed by atoms with E-state index in [1.165, 1.54) is 12.1 Å². The van der Waals surface area contributed by atoms with Gasteiger partial charge in [0.15, 0.2) is 0 Å². The molecule has 0 fully saturated rings. The van der Waals surface area contributed by atoms with Crippen LogP contribution in [0.1, 0.15) is 22.3 Å². The largest absolute Gasteiger partial charge is 0.478 e. The summed E-state index contributed by atoms with van der Waals surface area (Å²) in [4.78, 5) is 10.7. The molecule has 0 saturated heterocycles. The van der Waals surface area contributed by atoms with Crippen LogP contribution in [0.15, 0.2) is 18.2 Å². The van der Waals surface area contributed by atoms with Crippen molar-refractivity contribution in [2.75, 3.05) is 20.3 Å². The number of ether oxygens (including phenoxy) is 2. The van der Waals surface area contributed by atoms with Crippen molar-refractivity contribution in [2.24, 2.45) is 0 Å². The molecular weight excluding hydrogens is 227 g/mol.